The molecule has 6 nitrogen and oxygen atoms in total. The molecule has 0 fully saturated rings. The molecule has 122 valence electrons. The Kier molecular flexibility index (Phi) is 4.37. The van der Waals surface area contributed by atoms with Crippen molar-refractivity contribution < 1.29 is 13.5 Å². The summed E-state index contributed by atoms with van der Waals surface area (Å²) in [5, 5.41) is 15.5. The smallest absolute Gasteiger partial charge is 0.294 e. The Bertz CT molecular complexity index is 1020. The number of hydrogen-bond acceptors (Lipinski definition) is 5. The van der Waals surface area contributed by atoms with Crippen LogP contribution < -0.4 is 4.83 Å². The molecule has 8 heteroatoms. The summed E-state index contributed by atoms with van der Waals surface area (Å²) in [7, 11) is -3.91. The van der Waals surface area contributed by atoms with Gasteiger partial charge in [0.05, 0.1) is 11.2 Å². The molecule has 0 aliphatic rings. The Labute approximate surface area is 143 Å². The Balaban J connectivity index is 1.89. The molecule has 1 aromatic heterocycles. The summed E-state index contributed by atoms with van der Waals surface area (Å²) in [6.45, 7) is 0. The van der Waals surface area contributed by atoms with Crippen molar-refractivity contribution in [2.75, 3.05) is 0 Å². The van der Waals surface area contributed by atoms with Crippen molar-refractivity contribution >= 4 is 38.6 Å². The number of nitrogens with zero attached hydrogens (tertiary/aromatic N) is 2. The Hall–Kier alpha value is -2.64. The molecule has 0 bridgehead atoms. The number of benzene rings is 2. The fraction of sp³-hybridized carbons (Fsp3) is 0. The maximum absolute atomic E-state index is 12.1. The summed E-state index contributed by atoms with van der Waals surface area (Å²) >= 11 is 5.68. The van der Waals surface area contributed by atoms with Gasteiger partial charge in [0.1, 0.15) is 5.75 Å². The van der Waals surface area contributed by atoms with Crippen molar-refractivity contribution in [1.82, 2.24) is 9.82 Å². The van der Waals surface area contributed by atoms with Crippen LogP contribution in [0.15, 0.2) is 64.9 Å². The molecule has 0 unspecified atom stereocenters. The third kappa shape index (κ3) is 3.32. The minimum atomic E-state index is -3.91. The summed E-state index contributed by atoms with van der Waals surface area (Å²) in [5.74, 6) is 0.00117. The number of fused-ring (bicyclic) bond motifs is 1. The van der Waals surface area contributed by atoms with Crippen molar-refractivity contribution in [3.63, 3.8) is 0 Å². The van der Waals surface area contributed by atoms with Gasteiger partial charge >= 0.3 is 0 Å². The quantitative estimate of drug-likeness (QED) is 0.552. The highest BCUT2D eigenvalue weighted by Gasteiger charge is 2.14. The maximum Gasteiger partial charge on any atom is 0.294 e. The lowest BCUT2D eigenvalue weighted by atomic mass is 10.0. The van der Waals surface area contributed by atoms with Crippen LogP contribution in [-0.4, -0.2) is 24.7 Å². The lowest BCUT2D eigenvalue weighted by molar-refractivity contribution is 0.475. The molecule has 0 aliphatic heterocycles. The molecule has 3 rings (SSSR count). The molecule has 0 spiro atoms. The Morgan fingerprint density at radius 1 is 1.12 bits per heavy atom. The fourth-order valence-corrected chi connectivity index (χ4v) is 2.98. The van der Waals surface area contributed by atoms with E-state index in [-0.39, 0.29) is 10.8 Å². The number of aromatic hydroxyl groups is 1. The Morgan fingerprint density at radius 3 is 2.67 bits per heavy atom. The molecule has 0 saturated carbocycles. The van der Waals surface area contributed by atoms with Gasteiger partial charge in [-0.15, -0.1) is 0 Å². The van der Waals surface area contributed by atoms with E-state index in [2.05, 4.69) is 14.9 Å². The summed E-state index contributed by atoms with van der Waals surface area (Å²) in [6.07, 6.45) is 2.49. The second kappa shape index (κ2) is 6.46. The van der Waals surface area contributed by atoms with Crippen LogP contribution in [0.1, 0.15) is 5.56 Å². The van der Waals surface area contributed by atoms with Gasteiger partial charge in [0.25, 0.3) is 10.0 Å². The van der Waals surface area contributed by atoms with Crippen molar-refractivity contribution in [3.8, 4) is 5.75 Å². The van der Waals surface area contributed by atoms with Crippen LogP contribution in [0, 0.1) is 0 Å². The van der Waals surface area contributed by atoms with E-state index >= 15 is 0 Å². The summed E-state index contributed by atoms with van der Waals surface area (Å²) in [5.41, 5.74) is 0.417. The molecule has 0 amide bonds. The second-order valence-corrected chi connectivity index (χ2v) is 6.93. The van der Waals surface area contributed by atoms with Gasteiger partial charge in [0, 0.05) is 11.8 Å². The highest BCUT2D eigenvalue weighted by atomic mass is 35.5. The Morgan fingerprint density at radius 2 is 1.92 bits per heavy atom. The van der Waals surface area contributed by atoms with Gasteiger partial charge in [-0.25, -0.2) is 4.98 Å². The number of aromatic nitrogens is 1. The van der Waals surface area contributed by atoms with Crippen molar-refractivity contribution in [2.45, 2.75) is 5.03 Å². The molecule has 0 aliphatic carbocycles. The molecule has 0 saturated heterocycles. The predicted molar refractivity (Wildman–Crippen MR) is 92.8 cm³/mol. The van der Waals surface area contributed by atoms with Crippen molar-refractivity contribution in [2.24, 2.45) is 5.10 Å². The van der Waals surface area contributed by atoms with Gasteiger partial charge in [-0.3, -0.25) is 0 Å². The third-order valence-corrected chi connectivity index (χ3v) is 4.65. The monoisotopic (exact) mass is 361 g/mol. The van der Waals surface area contributed by atoms with Gasteiger partial charge in [-0.2, -0.15) is 18.4 Å². The van der Waals surface area contributed by atoms with Gasteiger partial charge < -0.3 is 5.11 Å². The van der Waals surface area contributed by atoms with Gasteiger partial charge in [-0.05, 0) is 29.0 Å². The maximum atomic E-state index is 12.1. The van der Waals surface area contributed by atoms with Crippen molar-refractivity contribution in [1.29, 1.82) is 0 Å². The number of halogens is 1. The first-order valence-corrected chi connectivity index (χ1v) is 8.70. The van der Waals surface area contributed by atoms with E-state index in [1.54, 1.807) is 6.07 Å². The normalized spacial score (nSPS) is 11.9. The van der Waals surface area contributed by atoms with Crippen LogP contribution in [0.5, 0.6) is 5.75 Å². The number of phenols is 1. The lowest BCUT2D eigenvalue weighted by Crippen LogP contribution is -2.19. The standard InChI is InChI=1S/C16H12ClN3O3S/c17-12-6-8-16(18-9-12)24(22,23)20-19-10-14-13-4-2-1-3-11(13)5-7-15(14)21/h1-10,20-21H. The molecule has 0 atom stereocenters. The average Bonchev–Trinajstić information content (AvgIpc) is 2.57. The van der Waals surface area contributed by atoms with E-state index in [4.69, 9.17) is 11.6 Å². The lowest BCUT2D eigenvalue weighted by Gasteiger charge is -2.05. The number of nitrogens with one attached hydrogen (secondary N) is 1. The summed E-state index contributed by atoms with van der Waals surface area (Å²) in [6, 6.07) is 13.4. The van der Waals surface area contributed by atoms with Gasteiger partial charge in [0.15, 0.2) is 5.03 Å². The zero-order chi connectivity index (χ0) is 17.2. The highest BCUT2D eigenvalue weighted by molar-refractivity contribution is 7.89. The van der Waals surface area contributed by atoms with Crippen LogP contribution in [0.25, 0.3) is 10.8 Å². The molecule has 24 heavy (non-hydrogen) atoms. The van der Waals surface area contributed by atoms with Crippen LogP contribution in [-0.2, 0) is 10.0 Å². The van der Waals surface area contributed by atoms with E-state index in [0.717, 1.165) is 10.8 Å². The van der Waals surface area contributed by atoms with E-state index in [9.17, 15) is 13.5 Å². The first kappa shape index (κ1) is 16.2. The van der Waals surface area contributed by atoms with Crippen LogP contribution in [0.2, 0.25) is 5.02 Å². The topological polar surface area (TPSA) is 91.7 Å². The number of phenolic OH excluding ortho intramolecular Hbond substituents is 1. The molecule has 1 heterocycles. The predicted octanol–water partition coefficient (Wildman–Crippen LogP) is 2.91. The fourth-order valence-electron chi connectivity index (χ4n) is 2.15. The first-order chi connectivity index (χ1) is 11.5. The zero-order valence-electron chi connectivity index (χ0n) is 12.2. The SMILES string of the molecule is O=S(=O)(NN=Cc1c(O)ccc2ccccc12)c1ccc(Cl)cn1. The van der Waals surface area contributed by atoms with Crippen LogP contribution in [0.4, 0.5) is 0 Å². The van der Waals surface area contributed by atoms with E-state index in [0.29, 0.717) is 10.6 Å². The molecule has 0 radical (unpaired) electrons. The summed E-state index contributed by atoms with van der Waals surface area (Å²) < 4.78 is 24.2. The van der Waals surface area contributed by atoms with Crippen molar-refractivity contribution in [3.05, 3.63) is 65.3 Å². The van der Waals surface area contributed by atoms with Crippen LogP contribution in [0.3, 0.4) is 0 Å². The molecular formula is C16H12ClN3O3S. The minimum Gasteiger partial charge on any atom is -0.507 e. The number of sulfonamides is 1. The summed E-state index contributed by atoms with van der Waals surface area (Å²) in [4.78, 5) is 5.80. The largest absolute Gasteiger partial charge is 0.507 e. The highest BCUT2D eigenvalue weighted by Crippen LogP contribution is 2.25. The first-order valence-electron chi connectivity index (χ1n) is 6.84. The molecule has 3 aromatic rings. The third-order valence-electron chi connectivity index (χ3n) is 3.29. The number of rotatable bonds is 4. The number of hydrazone groups is 1. The van der Waals surface area contributed by atoms with Gasteiger partial charge in [0.2, 0.25) is 0 Å². The van der Waals surface area contributed by atoms with E-state index in [1.807, 2.05) is 24.3 Å². The minimum absolute atomic E-state index is 0.00117. The zero-order valence-corrected chi connectivity index (χ0v) is 13.8. The number of pyridine rings is 1. The average molecular weight is 362 g/mol. The van der Waals surface area contributed by atoms with E-state index < -0.39 is 10.0 Å². The van der Waals surface area contributed by atoms with E-state index in [1.165, 1.54) is 30.6 Å². The molecule has 2 N–H and O–H groups in total. The second-order valence-electron chi connectivity index (χ2n) is 4.89. The number of hydrogen-bond donors (Lipinski definition) is 2. The van der Waals surface area contributed by atoms with Crippen LogP contribution >= 0.6 is 11.6 Å². The molecular weight excluding hydrogens is 350 g/mol. The van der Waals surface area contributed by atoms with Gasteiger partial charge in [-0.1, -0.05) is 41.9 Å². The molecule has 2 aromatic carbocycles.